The van der Waals surface area contributed by atoms with E-state index in [1.165, 1.54) is 103 Å². The minimum Gasteiger partial charge on any atom is -0.462 e. The van der Waals surface area contributed by atoms with E-state index in [1.54, 1.807) is 0 Å². The van der Waals surface area contributed by atoms with E-state index in [9.17, 15) is 14.4 Å². The Morgan fingerprint density at radius 2 is 0.494 bits per heavy atom. The maximum absolute atomic E-state index is 12.9. The zero-order chi connectivity index (χ0) is 58.5. The van der Waals surface area contributed by atoms with Gasteiger partial charge < -0.3 is 14.2 Å². The molecule has 0 heterocycles. The Balaban J connectivity index is 4.34. The zero-order valence-electron chi connectivity index (χ0n) is 52.8. The van der Waals surface area contributed by atoms with Crippen LogP contribution in [0.3, 0.4) is 0 Å². The number of esters is 3. The molecule has 460 valence electrons. The van der Waals surface area contributed by atoms with E-state index in [1.807, 2.05) is 0 Å². The van der Waals surface area contributed by atoms with Gasteiger partial charge in [-0.1, -0.05) is 302 Å². The molecule has 0 saturated heterocycles. The minimum absolute atomic E-state index is 0.0919. The third-order valence-electron chi connectivity index (χ3n) is 14.1. The lowest BCUT2D eigenvalue weighted by Gasteiger charge is -2.18. The molecular formula is C75H124O6. The SMILES string of the molecule is CC/C=C\C/C=C\C/C=C\C/C=C\C/C=C\C/C=C\C/C=C\C/C=C\C/C=C\CCCCCCCC(=O)OCC(COC(=O)CCCCCCC/C=C\C/C=C\CCCC)OC(=O)CCCCCCCCCCCCCCCCCC. The molecule has 1 unspecified atom stereocenters. The molecule has 6 nitrogen and oxygen atoms in total. The summed E-state index contributed by atoms with van der Waals surface area (Å²) in [6.45, 7) is 6.48. The number of carbonyl (C=O) groups is 3. The minimum atomic E-state index is -0.795. The summed E-state index contributed by atoms with van der Waals surface area (Å²) in [7, 11) is 0. The van der Waals surface area contributed by atoms with Gasteiger partial charge in [-0.2, -0.15) is 0 Å². The van der Waals surface area contributed by atoms with Gasteiger partial charge in [0.15, 0.2) is 6.10 Å². The highest BCUT2D eigenvalue weighted by Gasteiger charge is 2.19. The Bertz CT molecular complexity index is 1720. The second-order valence-electron chi connectivity index (χ2n) is 22.0. The van der Waals surface area contributed by atoms with Crippen LogP contribution in [-0.4, -0.2) is 37.2 Å². The van der Waals surface area contributed by atoms with E-state index in [2.05, 4.69) is 154 Å². The second kappa shape index (κ2) is 68.1. The number of ether oxygens (including phenoxy) is 3. The van der Waals surface area contributed by atoms with Crippen LogP contribution < -0.4 is 0 Å². The van der Waals surface area contributed by atoms with Crippen LogP contribution in [0.2, 0.25) is 0 Å². The fourth-order valence-corrected chi connectivity index (χ4v) is 9.10. The predicted molar refractivity (Wildman–Crippen MR) is 353 cm³/mol. The lowest BCUT2D eigenvalue weighted by Crippen LogP contribution is -2.30. The van der Waals surface area contributed by atoms with Crippen molar-refractivity contribution in [2.45, 2.75) is 309 Å². The van der Waals surface area contributed by atoms with Crippen LogP contribution in [0.15, 0.2) is 134 Å². The summed E-state index contributed by atoms with van der Waals surface area (Å²) >= 11 is 0. The van der Waals surface area contributed by atoms with Crippen molar-refractivity contribution in [1.29, 1.82) is 0 Å². The van der Waals surface area contributed by atoms with Gasteiger partial charge in [0.1, 0.15) is 13.2 Å². The standard InChI is InChI=1S/C75H124O6/c1-4-7-10-13-16-19-22-25-28-30-31-32-33-34-35-36-37-38-39-40-41-42-43-44-45-46-48-50-53-56-59-62-65-68-74(77)80-71-72(70-79-73(76)67-64-61-58-55-52-49-27-24-21-18-15-12-9-6-3)81-75(78)69-66-63-60-57-54-51-47-29-26-23-20-17-14-11-8-5-2/h7,10,15-16,18-19,24-25,27-28,31-32,34-35,37-38,40-41,43-44,46,48,72H,4-6,8-9,11-14,17,20-23,26,29-30,33,36,39,42,45,47,49-71H2,1-3H3/b10-7-,18-15-,19-16-,27-24-,28-25-,32-31-,35-34-,38-37-,41-40-,44-43-,48-46-. The number of unbranched alkanes of at least 4 members (excludes halogenated alkanes) is 27. The highest BCUT2D eigenvalue weighted by Crippen LogP contribution is 2.16. The summed E-state index contributed by atoms with van der Waals surface area (Å²) < 4.78 is 16.9. The van der Waals surface area contributed by atoms with Crippen LogP contribution in [0, 0.1) is 0 Å². The molecule has 0 aromatic rings. The highest BCUT2D eigenvalue weighted by molar-refractivity contribution is 5.71. The fraction of sp³-hybridized carbons (Fsp3) is 0.667. The molecule has 81 heavy (non-hydrogen) atoms. The molecule has 0 radical (unpaired) electrons. The molecule has 0 aliphatic rings. The first-order valence-electron chi connectivity index (χ1n) is 33.7. The molecule has 0 spiro atoms. The first-order chi connectivity index (χ1) is 40.0. The predicted octanol–water partition coefficient (Wildman–Crippen LogP) is 23.3. The molecule has 1 atom stereocenters. The summed E-state index contributed by atoms with van der Waals surface area (Å²) in [6.07, 6.45) is 96.0. The largest absolute Gasteiger partial charge is 0.462 e. The normalized spacial score (nSPS) is 13.0. The van der Waals surface area contributed by atoms with Crippen LogP contribution in [0.1, 0.15) is 303 Å². The van der Waals surface area contributed by atoms with Crippen molar-refractivity contribution in [2.75, 3.05) is 13.2 Å². The van der Waals surface area contributed by atoms with Gasteiger partial charge in [-0.05, 0) is 116 Å². The van der Waals surface area contributed by atoms with E-state index in [4.69, 9.17) is 14.2 Å². The molecule has 0 aromatic heterocycles. The van der Waals surface area contributed by atoms with Gasteiger partial charge >= 0.3 is 17.9 Å². The van der Waals surface area contributed by atoms with Crippen molar-refractivity contribution in [3.8, 4) is 0 Å². The maximum atomic E-state index is 12.9. The number of rotatable bonds is 60. The maximum Gasteiger partial charge on any atom is 0.306 e. The monoisotopic (exact) mass is 1120 g/mol. The van der Waals surface area contributed by atoms with Crippen LogP contribution in [0.5, 0.6) is 0 Å². The molecule has 0 aliphatic carbocycles. The van der Waals surface area contributed by atoms with E-state index in [-0.39, 0.29) is 31.1 Å². The van der Waals surface area contributed by atoms with E-state index in [0.717, 1.165) is 161 Å². The third-order valence-corrected chi connectivity index (χ3v) is 14.1. The van der Waals surface area contributed by atoms with Gasteiger partial charge in [0.25, 0.3) is 0 Å². The van der Waals surface area contributed by atoms with Gasteiger partial charge in [-0.3, -0.25) is 14.4 Å². The summed E-state index contributed by atoms with van der Waals surface area (Å²) in [5.41, 5.74) is 0. The average molecular weight is 1120 g/mol. The molecule has 0 aliphatic heterocycles. The van der Waals surface area contributed by atoms with Gasteiger partial charge in [-0.15, -0.1) is 0 Å². The summed E-state index contributed by atoms with van der Waals surface area (Å²) in [4.78, 5) is 38.3. The van der Waals surface area contributed by atoms with Crippen molar-refractivity contribution < 1.29 is 28.6 Å². The fourth-order valence-electron chi connectivity index (χ4n) is 9.10. The Morgan fingerprint density at radius 1 is 0.259 bits per heavy atom. The Morgan fingerprint density at radius 3 is 0.790 bits per heavy atom. The molecule has 0 N–H and O–H groups in total. The first kappa shape index (κ1) is 76.5. The van der Waals surface area contributed by atoms with Crippen LogP contribution in [0.25, 0.3) is 0 Å². The first-order valence-corrected chi connectivity index (χ1v) is 33.7. The lowest BCUT2D eigenvalue weighted by molar-refractivity contribution is -0.167. The number of hydrogen-bond acceptors (Lipinski definition) is 6. The molecule has 0 saturated carbocycles. The van der Waals surface area contributed by atoms with Crippen molar-refractivity contribution in [1.82, 2.24) is 0 Å². The molecular weight excluding hydrogens is 997 g/mol. The molecule has 0 aromatic carbocycles. The Labute approximate surface area is 500 Å². The number of allylic oxidation sites excluding steroid dienone is 22. The zero-order valence-corrected chi connectivity index (χ0v) is 52.8. The van der Waals surface area contributed by atoms with Gasteiger partial charge in [-0.25, -0.2) is 0 Å². The molecule has 0 bridgehead atoms. The van der Waals surface area contributed by atoms with Crippen molar-refractivity contribution in [2.24, 2.45) is 0 Å². The molecule has 0 fully saturated rings. The third kappa shape index (κ3) is 66.2. The molecule has 0 amide bonds. The average Bonchev–Trinajstić information content (AvgIpc) is 3.47. The Hall–Kier alpha value is -4.45. The quantitative estimate of drug-likeness (QED) is 0.0261. The van der Waals surface area contributed by atoms with E-state index < -0.39 is 6.10 Å². The van der Waals surface area contributed by atoms with Crippen LogP contribution in [-0.2, 0) is 28.6 Å². The van der Waals surface area contributed by atoms with Crippen LogP contribution >= 0.6 is 0 Å². The van der Waals surface area contributed by atoms with Crippen molar-refractivity contribution >= 4 is 17.9 Å². The number of carbonyl (C=O) groups excluding carboxylic acids is 3. The highest BCUT2D eigenvalue weighted by atomic mass is 16.6. The second-order valence-corrected chi connectivity index (χ2v) is 22.0. The molecule has 0 rings (SSSR count). The van der Waals surface area contributed by atoms with Gasteiger partial charge in [0.2, 0.25) is 0 Å². The number of hydrogen-bond donors (Lipinski definition) is 0. The lowest BCUT2D eigenvalue weighted by atomic mass is 10.0. The summed E-state index contributed by atoms with van der Waals surface area (Å²) in [5.74, 6) is -0.917. The van der Waals surface area contributed by atoms with Crippen LogP contribution in [0.4, 0.5) is 0 Å². The van der Waals surface area contributed by atoms with Gasteiger partial charge in [0, 0.05) is 19.3 Å². The smallest absolute Gasteiger partial charge is 0.306 e. The molecule has 6 heteroatoms. The topological polar surface area (TPSA) is 78.9 Å². The Kier molecular flexibility index (Phi) is 64.3. The van der Waals surface area contributed by atoms with E-state index in [0.29, 0.717) is 19.3 Å². The summed E-state index contributed by atoms with van der Waals surface area (Å²) in [6, 6.07) is 0. The van der Waals surface area contributed by atoms with Gasteiger partial charge in [0.05, 0.1) is 0 Å². The summed E-state index contributed by atoms with van der Waals surface area (Å²) in [5, 5.41) is 0. The van der Waals surface area contributed by atoms with Crippen molar-refractivity contribution in [3.05, 3.63) is 134 Å². The van der Waals surface area contributed by atoms with E-state index >= 15 is 0 Å². The van der Waals surface area contributed by atoms with Crippen molar-refractivity contribution in [3.63, 3.8) is 0 Å².